The molecule has 6 nitrogen and oxygen atoms in total. The van der Waals surface area contributed by atoms with Gasteiger partial charge >= 0.3 is 0 Å². The van der Waals surface area contributed by atoms with Crippen molar-refractivity contribution in [2.45, 2.75) is 6.42 Å². The number of hydrogen-bond donors (Lipinski definition) is 2. The lowest BCUT2D eigenvalue weighted by atomic mass is 10.1. The topological polar surface area (TPSA) is 85.3 Å². The van der Waals surface area contributed by atoms with Crippen LogP contribution in [0.2, 0.25) is 0 Å². The summed E-state index contributed by atoms with van der Waals surface area (Å²) < 4.78 is 15.1. The number of nitrogens with two attached hydrogens (primary N) is 1. The molecule has 0 spiro atoms. The van der Waals surface area contributed by atoms with Crippen LogP contribution in [-0.4, -0.2) is 33.3 Å². The minimum atomic E-state index is -0.304. The standard InChI is InChI=1S/C20H20FN5OS/c1-3-6-16(28-2)19-24-18-12-14(11-17(22)26(18)25-19)20(27)23-10-9-13-7-4-5-8-15(13)21/h3-8,11-12H,1,9-10,22H2,2H3,(H,23,27)/b16-6-. The van der Waals surface area contributed by atoms with Gasteiger partial charge in [0.05, 0.1) is 4.91 Å². The quantitative estimate of drug-likeness (QED) is 0.598. The molecule has 2 heterocycles. The van der Waals surface area contributed by atoms with Gasteiger partial charge in [0.15, 0.2) is 11.5 Å². The molecule has 0 bridgehead atoms. The van der Waals surface area contributed by atoms with Gasteiger partial charge in [-0.15, -0.1) is 16.9 Å². The van der Waals surface area contributed by atoms with E-state index in [0.717, 1.165) is 4.91 Å². The maximum absolute atomic E-state index is 13.7. The van der Waals surface area contributed by atoms with E-state index in [1.54, 1.807) is 36.4 Å². The van der Waals surface area contributed by atoms with Crippen molar-refractivity contribution in [1.29, 1.82) is 0 Å². The van der Waals surface area contributed by atoms with Gasteiger partial charge in [-0.3, -0.25) is 4.79 Å². The Kier molecular flexibility index (Phi) is 6.10. The van der Waals surface area contributed by atoms with Gasteiger partial charge in [-0.1, -0.05) is 30.9 Å². The first-order valence-corrected chi connectivity index (χ1v) is 9.81. The number of thioether (sulfide) groups is 1. The normalized spacial score (nSPS) is 11.6. The third kappa shape index (κ3) is 4.23. The maximum Gasteiger partial charge on any atom is 0.251 e. The van der Waals surface area contributed by atoms with Gasteiger partial charge in [0, 0.05) is 12.1 Å². The van der Waals surface area contributed by atoms with Gasteiger partial charge in [-0.05, 0) is 42.5 Å². The number of carbonyl (C=O) groups is 1. The summed E-state index contributed by atoms with van der Waals surface area (Å²) in [5.74, 6) is 0.225. The number of halogens is 1. The molecule has 0 saturated carbocycles. The summed E-state index contributed by atoms with van der Waals surface area (Å²) in [6.07, 6.45) is 5.79. The Morgan fingerprint density at radius 3 is 2.89 bits per heavy atom. The van der Waals surface area contributed by atoms with Gasteiger partial charge < -0.3 is 11.1 Å². The van der Waals surface area contributed by atoms with E-state index in [2.05, 4.69) is 22.0 Å². The number of carbonyl (C=O) groups excluding carboxylic acids is 1. The highest BCUT2D eigenvalue weighted by Gasteiger charge is 2.14. The Balaban J connectivity index is 1.77. The first-order valence-electron chi connectivity index (χ1n) is 8.58. The van der Waals surface area contributed by atoms with Gasteiger partial charge in [0.1, 0.15) is 11.6 Å². The molecule has 3 N–H and O–H groups in total. The van der Waals surface area contributed by atoms with Crippen LogP contribution in [0.5, 0.6) is 0 Å². The van der Waals surface area contributed by atoms with E-state index in [4.69, 9.17) is 5.73 Å². The van der Waals surface area contributed by atoms with E-state index < -0.39 is 0 Å². The number of hydrogen-bond acceptors (Lipinski definition) is 5. The van der Waals surface area contributed by atoms with Crippen LogP contribution in [0.3, 0.4) is 0 Å². The molecule has 2 aromatic heterocycles. The highest BCUT2D eigenvalue weighted by molar-refractivity contribution is 8.07. The lowest BCUT2D eigenvalue weighted by molar-refractivity contribution is 0.0954. The van der Waals surface area contributed by atoms with E-state index in [9.17, 15) is 9.18 Å². The second-order valence-corrected chi connectivity index (χ2v) is 6.79. The molecule has 3 aromatic rings. The van der Waals surface area contributed by atoms with E-state index in [-0.39, 0.29) is 11.7 Å². The molecule has 0 radical (unpaired) electrons. The summed E-state index contributed by atoms with van der Waals surface area (Å²) in [7, 11) is 0. The number of aromatic nitrogens is 3. The number of amides is 1. The number of allylic oxidation sites excluding steroid dienone is 2. The van der Waals surface area contributed by atoms with Crippen molar-refractivity contribution in [2.75, 3.05) is 18.5 Å². The van der Waals surface area contributed by atoms with Crippen molar-refractivity contribution in [2.24, 2.45) is 0 Å². The molecule has 144 valence electrons. The number of pyridine rings is 1. The third-order valence-electron chi connectivity index (χ3n) is 4.07. The predicted molar refractivity (Wildman–Crippen MR) is 112 cm³/mol. The number of nitrogen functional groups attached to an aromatic ring is 1. The van der Waals surface area contributed by atoms with Crippen molar-refractivity contribution in [3.05, 3.63) is 77.9 Å². The number of nitrogens with one attached hydrogen (secondary N) is 1. The number of fused-ring (bicyclic) bond motifs is 1. The molecule has 0 aliphatic rings. The summed E-state index contributed by atoms with van der Waals surface area (Å²) in [6, 6.07) is 9.66. The zero-order valence-electron chi connectivity index (χ0n) is 15.4. The molecule has 1 amide bonds. The van der Waals surface area contributed by atoms with E-state index in [0.29, 0.717) is 41.4 Å². The summed E-state index contributed by atoms with van der Waals surface area (Å²) in [5, 5.41) is 7.16. The Labute approximate surface area is 166 Å². The zero-order chi connectivity index (χ0) is 20.1. The second kappa shape index (κ2) is 8.71. The lowest BCUT2D eigenvalue weighted by Gasteiger charge is -2.07. The van der Waals surface area contributed by atoms with Gasteiger partial charge in [-0.25, -0.2) is 9.37 Å². The van der Waals surface area contributed by atoms with Gasteiger partial charge in [0.2, 0.25) is 0 Å². The molecule has 0 aliphatic heterocycles. The molecule has 0 unspecified atom stereocenters. The molecule has 28 heavy (non-hydrogen) atoms. The van der Waals surface area contributed by atoms with E-state index >= 15 is 0 Å². The van der Waals surface area contributed by atoms with Gasteiger partial charge in [0.25, 0.3) is 5.91 Å². The van der Waals surface area contributed by atoms with Crippen molar-refractivity contribution < 1.29 is 9.18 Å². The number of nitrogens with zero attached hydrogens (tertiary/aromatic N) is 3. The fraction of sp³-hybridized carbons (Fsp3) is 0.150. The molecule has 0 aliphatic carbocycles. The van der Waals surface area contributed by atoms with Gasteiger partial charge in [-0.2, -0.15) is 4.52 Å². The Morgan fingerprint density at radius 1 is 1.39 bits per heavy atom. The Hall–Kier alpha value is -3.13. The van der Waals surface area contributed by atoms with Crippen molar-refractivity contribution in [3.8, 4) is 0 Å². The fourth-order valence-electron chi connectivity index (χ4n) is 2.70. The van der Waals surface area contributed by atoms with Crippen LogP contribution in [0.1, 0.15) is 21.7 Å². The van der Waals surface area contributed by atoms with Crippen LogP contribution in [-0.2, 0) is 6.42 Å². The number of rotatable bonds is 7. The first kappa shape index (κ1) is 19.6. The Bertz CT molecular complexity index is 1060. The summed E-state index contributed by atoms with van der Waals surface area (Å²) in [5.41, 5.74) is 7.44. The zero-order valence-corrected chi connectivity index (χ0v) is 16.2. The maximum atomic E-state index is 13.7. The monoisotopic (exact) mass is 397 g/mol. The molecule has 1 aromatic carbocycles. The Morgan fingerprint density at radius 2 is 2.18 bits per heavy atom. The molecule has 3 rings (SSSR count). The SMILES string of the molecule is C=C/C=C(\SC)c1nc2cc(C(=O)NCCc3ccccc3F)cc(N)n2n1. The summed E-state index contributed by atoms with van der Waals surface area (Å²) in [4.78, 5) is 17.8. The molecule has 0 atom stereocenters. The average molecular weight is 397 g/mol. The van der Waals surface area contributed by atoms with Crippen LogP contribution in [0.4, 0.5) is 10.2 Å². The average Bonchev–Trinajstić information content (AvgIpc) is 3.12. The molecule has 8 heteroatoms. The second-order valence-electron chi connectivity index (χ2n) is 5.94. The molecular weight excluding hydrogens is 377 g/mol. The molecular formula is C20H20FN5OS. The van der Waals surface area contributed by atoms with Crippen LogP contribution in [0.25, 0.3) is 10.6 Å². The van der Waals surface area contributed by atoms with Crippen molar-refractivity contribution >= 4 is 34.0 Å². The predicted octanol–water partition coefficient (Wildman–Crippen LogP) is 3.31. The summed E-state index contributed by atoms with van der Waals surface area (Å²) >= 11 is 1.49. The fourth-order valence-corrected chi connectivity index (χ4v) is 3.20. The first-order chi connectivity index (χ1) is 13.5. The molecule has 0 saturated heterocycles. The summed E-state index contributed by atoms with van der Waals surface area (Å²) in [6.45, 7) is 3.99. The third-order valence-corrected chi connectivity index (χ3v) is 4.83. The number of anilines is 1. The minimum Gasteiger partial charge on any atom is -0.384 e. The highest BCUT2D eigenvalue weighted by Crippen LogP contribution is 2.24. The smallest absolute Gasteiger partial charge is 0.251 e. The lowest BCUT2D eigenvalue weighted by Crippen LogP contribution is -2.26. The minimum absolute atomic E-state index is 0.282. The number of benzene rings is 1. The van der Waals surface area contributed by atoms with E-state index in [1.807, 2.05) is 12.3 Å². The largest absolute Gasteiger partial charge is 0.384 e. The van der Waals surface area contributed by atoms with Crippen molar-refractivity contribution in [3.63, 3.8) is 0 Å². The molecule has 0 fully saturated rings. The van der Waals surface area contributed by atoms with Crippen LogP contribution in [0.15, 0.2) is 55.1 Å². The van der Waals surface area contributed by atoms with Crippen LogP contribution in [0, 0.1) is 5.82 Å². The highest BCUT2D eigenvalue weighted by atomic mass is 32.2. The van der Waals surface area contributed by atoms with Crippen LogP contribution < -0.4 is 11.1 Å². The van der Waals surface area contributed by atoms with Crippen LogP contribution >= 0.6 is 11.8 Å². The van der Waals surface area contributed by atoms with Crippen molar-refractivity contribution in [1.82, 2.24) is 19.9 Å². The van der Waals surface area contributed by atoms with E-state index in [1.165, 1.54) is 22.3 Å².